The molecule has 0 heterocycles. The van der Waals surface area contributed by atoms with Crippen LogP contribution in [-0.4, -0.2) is 16.9 Å². The number of aliphatic carboxylic acids is 1. The van der Waals surface area contributed by atoms with E-state index in [0.717, 1.165) is 11.5 Å². The normalized spacial score (nSPS) is 19.3. The highest BCUT2D eigenvalue weighted by molar-refractivity contribution is 6.10. The SMILES string of the molecule is C[C@@H]1CC1c1ccc(C(=O)c2ccccc2CCC(=O)O)cc1. The molecule has 0 spiro atoms. The highest BCUT2D eigenvalue weighted by Gasteiger charge is 2.33. The number of hydrogen-bond donors (Lipinski definition) is 1. The van der Waals surface area contributed by atoms with Gasteiger partial charge in [0.2, 0.25) is 0 Å². The smallest absolute Gasteiger partial charge is 0.303 e. The van der Waals surface area contributed by atoms with Crippen molar-refractivity contribution in [3.8, 4) is 0 Å². The number of benzene rings is 2. The second kappa shape index (κ2) is 6.37. The predicted octanol–water partition coefficient (Wildman–Crippen LogP) is 4.06. The maximum atomic E-state index is 12.7. The van der Waals surface area contributed by atoms with E-state index in [9.17, 15) is 9.59 Å². The molecule has 3 heteroatoms. The van der Waals surface area contributed by atoms with Crippen LogP contribution in [0, 0.1) is 5.92 Å². The summed E-state index contributed by atoms with van der Waals surface area (Å²) < 4.78 is 0. The molecule has 2 aromatic rings. The van der Waals surface area contributed by atoms with Crippen molar-refractivity contribution < 1.29 is 14.7 Å². The van der Waals surface area contributed by atoms with Crippen molar-refractivity contribution in [1.82, 2.24) is 0 Å². The molecule has 1 aliphatic rings. The van der Waals surface area contributed by atoms with Gasteiger partial charge in [0.25, 0.3) is 0 Å². The molecule has 1 unspecified atom stereocenters. The van der Waals surface area contributed by atoms with Crippen molar-refractivity contribution in [3.63, 3.8) is 0 Å². The number of hydrogen-bond acceptors (Lipinski definition) is 2. The van der Waals surface area contributed by atoms with Crippen LogP contribution in [0.15, 0.2) is 48.5 Å². The second-order valence-corrected chi connectivity index (χ2v) is 6.32. The van der Waals surface area contributed by atoms with Gasteiger partial charge < -0.3 is 5.11 Å². The van der Waals surface area contributed by atoms with E-state index in [2.05, 4.69) is 6.92 Å². The Kier molecular flexibility index (Phi) is 4.28. The van der Waals surface area contributed by atoms with Gasteiger partial charge in [-0.05, 0) is 35.8 Å². The first-order valence-electron chi connectivity index (χ1n) is 8.00. The van der Waals surface area contributed by atoms with Crippen LogP contribution in [0.5, 0.6) is 0 Å². The van der Waals surface area contributed by atoms with Crippen LogP contribution in [-0.2, 0) is 11.2 Å². The van der Waals surface area contributed by atoms with Gasteiger partial charge in [0.15, 0.2) is 5.78 Å². The summed E-state index contributed by atoms with van der Waals surface area (Å²) in [6.45, 7) is 2.24. The molecule has 3 nitrogen and oxygen atoms in total. The van der Waals surface area contributed by atoms with Crippen LogP contribution in [0.2, 0.25) is 0 Å². The maximum absolute atomic E-state index is 12.7. The Bertz CT molecular complexity index is 731. The molecule has 0 amide bonds. The van der Waals surface area contributed by atoms with Gasteiger partial charge in [-0.15, -0.1) is 0 Å². The molecule has 23 heavy (non-hydrogen) atoms. The van der Waals surface area contributed by atoms with Gasteiger partial charge in [0, 0.05) is 17.5 Å². The Morgan fingerprint density at radius 1 is 1.09 bits per heavy atom. The van der Waals surface area contributed by atoms with Crippen molar-refractivity contribution in [1.29, 1.82) is 0 Å². The van der Waals surface area contributed by atoms with Crippen molar-refractivity contribution in [2.75, 3.05) is 0 Å². The third-order valence-corrected chi connectivity index (χ3v) is 4.58. The predicted molar refractivity (Wildman–Crippen MR) is 88.8 cm³/mol. The number of rotatable bonds is 6. The first-order valence-corrected chi connectivity index (χ1v) is 8.00. The zero-order valence-corrected chi connectivity index (χ0v) is 13.2. The first kappa shape index (κ1) is 15.5. The van der Waals surface area contributed by atoms with Crippen LogP contribution in [0.4, 0.5) is 0 Å². The molecule has 118 valence electrons. The summed E-state index contributed by atoms with van der Waals surface area (Å²) in [5, 5.41) is 8.85. The zero-order valence-electron chi connectivity index (χ0n) is 13.2. The minimum Gasteiger partial charge on any atom is -0.481 e. The van der Waals surface area contributed by atoms with Crippen molar-refractivity contribution >= 4 is 11.8 Å². The second-order valence-electron chi connectivity index (χ2n) is 6.32. The fraction of sp³-hybridized carbons (Fsp3) is 0.300. The molecule has 0 saturated heterocycles. The average molecular weight is 308 g/mol. The van der Waals surface area contributed by atoms with Crippen molar-refractivity contribution in [2.24, 2.45) is 5.92 Å². The minimum absolute atomic E-state index is 0.0306. The molecule has 2 atom stereocenters. The van der Waals surface area contributed by atoms with Crippen LogP contribution in [0.3, 0.4) is 0 Å². The molecule has 2 aromatic carbocycles. The topological polar surface area (TPSA) is 54.4 Å². The Hall–Kier alpha value is -2.42. The maximum Gasteiger partial charge on any atom is 0.303 e. The number of carbonyl (C=O) groups is 2. The number of carboxylic acids is 1. The van der Waals surface area contributed by atoms with E-state index >= 15 is 0 Å². The van der Waals surface area contributed by atoms with E-state index in [0.29, 0.717) is 23.5 Å². The summed E-state index contributed by atoms with van der Waals surface area (Å²) in [5.41, 5.74) is 3.35. The average Bonchev–Trinajstić information content (AvgIpc) is 3.29. The van der Waals surface area contributed by atoms with Gasteiger partial charge in [-0.2, -0.15) is 0 Å². The molecule has 1 fully saturated rings. The largest absolute Gasteiger partial charge is 0.481 e. The molecule has 1 saturated carbocycles. The fourth-order valence-corrected chi connectivity index (χ4v) is 3.03. The minimum atomic E-state index is -0.852. The molecular weight excluding hydrogens is 288 g/mol. The number of aryl methyl sites for hydroxylation is 1. The Morgan fingerprint density at radius 3 is 2.35 bits per heavy atom. The van der Waals surface area contributed by atoms with Gasteiger partial charge in [-0.25, -0.2) is 0 Å². The summed E-state index contributed by atoms with van der Waals surface area (Å²) in [4.78, 5) is 23.5. The van der Waals surface area contributed by atoms with E-state index in [-0.39, 0.29) is 12.2 Å². The zero-order chi connectivity index (χ0) is 16.4. The van der Waals surface area contributed by atoms with E-state index in [1.165, 1.54) is 12.0 Å². The standard InChI is InChI=1S/C20H20O3/c1-13-12-18(13)15-6-8-16(9-7-15)20(23)17-5-3-2-4-14(17)10-11-19(21)22/h2-9,13,18H,10-12H2,1H3,(H,21,22)/t13-,18?/m1/s1. The van der Waals surface area contributed by atoms with Gasteiger partial charge in [-0.1, -0.05) is 55.5 Å². The van der Waals surface area contributed by atoms with Crippen LogP contribution < -0.4 is 0 Å². The highest BCUT2D eigenvalue weighted by Crippen LogP contribution is 2.46. The van der Waals surface area contributed by atoms with Crippen molar-refractivity contribution in [2.45, 2.75) is 32.1 Å². The number of carboxylic acid groups (broad SMARTS) is 1. The molecule has 0 radical (unpaired) electrons. The molecule has 0 bridgehead atoms. The van der Waals surface area contributed by atoms with E-state index in [1.54, 1.807) is 6.07 Å². The van der Waals surface area contributed by atoms with Crippen molar-refractivity contribution in [3.05, 3.63) is 70.8 Å². The number of carbonyl (C=O) groups excluding carboxylic acids is 1. The molecule has 0 aromatic heterocycles. The summed E-state index contributed by atoms with van der Waals surface area (Å²) in [6, 6.07) is 15.1. The fourth-order valence-electron chi connectivity index (χ4n) is 3.03. The lowest BCUT2D eigenvalue weighted by molar-refractivity contribution is -0.136. The summed E-state index contributed by atoms with van der Waals surface area (Å²) >= 11 is 0. The lowest BCUT2D eigenvalue weighted by Crippen LogP contribution is -2.07. The lowest BCUT2D eigenvalue weighted by Gasteiger charge is -2.08. The molecule has 0 aliphatic heterocycles. The van der Waals surface area contributed by atoms with Crippen LogP contribution in [0.1, 0.15) is 52.7 Å². The van der Waals surface area contributed by atoms with Crippen LogP contribution in [0.25, 0.3) is 0 Å². The molecular formula is C20H20O3. The molecule has 1 N–H and O–H groups in total. The summed E-state index contributed by atoms with van der Waals surface area (Å²) in [5.74, 6) is 0.492. The third-order valence-electron chi connectivity index (χ3n) is 4.58. The number of ketones is 1. The highest BCUT2D eigenvalue weighted by atomic mass is 16.4. The van der Waals surface area contributed by atoms with Crippen LogP contribution >= 0.6 is 0 Å². The van der Waals surface area contributed by atoms with E-state index in [4.69, 9.17) is 5.11 Å². The van der Waals surface area contributed by atoms with Gasteiger partial charge >= 0.3 is 5.97 Å². The molecule has 1 aliphatic carbocycles. The summed E-state index contributed by atoms with van der Waals surface area (Å²) in [6.07, 6.45) is 1.63. The van der Waals surface area contributed by atoms with E-state index in [1.807, 2.05) is 42.5 Å². The Balaban J connectivity index is 1.81. The molecule has 3 rings (SSSR count). The Labute approximate surface area is 136 Å². The first-order chi connectivity index (χ1) is 11.1. The van der Waals surface area contributed by atoms with Gasteiger partial charge in [-0.3, -0.25) is 9.59 Å². The Morgan fingerprint density at radius 2 is 1.74 bits per heavy atom. The third kappa shape index (κ3) is 3.50. The monoisotopic (exact) mass is 308 g/mol. The van der Waals surface area contributed by atoms with Gasteiger partial charge in [0.05, 0.1) is 0 Å². The summed E-state index contributed by atoms with van der Waals surface area (Å²) in [7, 11) is 0. The lowest BCUT2D eigenvalue weighted by atomic mass is 9.95. The van der Waals surface area contributed by atoms with Gasteiger partial charge in [0.1, 0.15) is 0 Å². The quantitative estimate of drug-likeness (QED) is 0.819. The van der Waals surface area contributed by atoms with E-state index < -0.39 is 5.97 Å².